The topological polar surface area (TPSA) is 59.8 Å². The highest BCUT2D eigenvalue weighted by Crippen LogP contribution is 2.16. The van der Waals surface area contributed by atoms with Crippen LogP contribution in [0.2, 0.25) is 0 Å². The van der Waals surface area contributed by atoms with Crippen LogP contribution in [0.15, 0.2) is 60.9 Å². The molecule has 3 aromatic rings. The lowest BCUT2D eigenvalue weighted by Crippen LogP contribution is -2.13. The average Bonchev–Trinajstić information content (AvgIpc) is 3.02. The molecule has 0 aliphatic rings. The molecule has 104 valence electrons. The third kappa shape index (κ3) is 3.10. The van der Waals surface area contributed by atoms with Crippen molar-refractivity contribution in [1.29, 1.82) is 0 Å². The minimum Gasteiger partial charge on any atom is -0.322 e. The Hall–Kier alpha value is -2.22. The first-order valence-corrected chi connectivity index (χ1v) is 7.34. The number of halogens is 1. The Balaban J connectivity index is 1.77. The van der Waals surface area contributed by atoms with Gasteiger partial charge in [0, 0.05) is 9.26 Å². The van der Waals surface area contributed by atoms with Gasteiger partial charge in [-0.05, 0) is 59.0 Å². The van der Waals surface area contributed by atoms with Gasteiger partial charge in [-0.15, -0.1) is 0 Å². The highest BCUT2D eigenvalue weighted by atomic mass is 127. The van der Waals surface area contributed by atoms with Crippen molar-refractivity contribution in [3.8, 4) is 5.69 Å². The Morgan fingerprint density at radius 3 is 2.33 bits per heavy atom. The minimum atomic E-state index is -0.120. The van der Waals surface area contributed by atoms with Gasteiger partial charge in [-0.1, -0.05) is 12.1 Å². The molecule has 5 nitrogen and oxygen atoms in total. The molecule has 0 fully saturated rings. The maximum absolute atomic E-state index is 12.2. The molecule has 1 N–H and O–H groups in total. The Kier molecular flexibility index (Phi) is 3.96. The van der Waals surface area contributed by atoms with Gasteiger partial charge in [0.2, 0.25) is 0 Å². The summed E-state index contributed by atoms with van der Waals surface area (Å²) in [4.78, 5) is 13.7. The quantitative estimate of drug-likeness (QED) is 0.700. The van der Waals surface area contributed by atoms with Gasteiger partial charge in [-0.2, -0.15) is 15.0 Å². The van der Waals surface area contributed by atoms with E-state index in [1.807, 2.05) is 42.5 Å². The number of rotatable bonds is 3. The largest absolute Gasteiger partial charge is 0.322 e. The lowest BCUT2D eigenvalue weighted by atomic mass is 10.2. The zero-order valence-electron chi connectivity index (χ0n) is 10.9. The first-order chi connectivity index (χ1) is 10.2. The molecule has 0 radical (unpaired) electrons. The van der Waals surface area contributed by atoms with E-state index in [4.69, 9.17) is 0 Å². The summed E-state index contributed by atoms with van der Waals surface area (Å²) < 4.78 is 0.921. The van der Waals surface area contributed by atoms with Gasteiger partial charge in [0.05, 0.1) is 23.6 Å². The number of aromatic nitrogens is 3. The van der Waals surface area contributed by atoms with E-state index in [0.717, 1.165) is 14.9 Å². The van der Waals surface area contributed by atoms with Crippen LogP contribution in [0.3, 0.4) is 0 Å². The number of amides is 1. The fourth-order valence-corrected chi connectivity index (χ4v) is 2.50. The van der Waals surface area contributed by atoms with E-state index in [-0.39, 0.29) is 5.91 Å². The fraction of sp³-hybridized carbons (Fsp3) is 0. The maximum Gasteiger partial charge on any atom is 0.256 e. The second kappa shape index (κ2) is 6.04. The summed E-state index contributed by atoms with van der Waals surface area (Å²) in [6, 6.07) is 14.8. The molecule has 0 unspecified atom stereocenters. The molecule has 0 aliphatic heterocycles. The average molecular weight is 390 g/mol. The van der Waals surface area contributed by atoms with Gasteiger partial charge in [-0.25, -0.2) is 0 Å². The van der Waals surface area contributed by atoms with Crippen LogP contribution in [-0.4, -0.2) is 20.9 Å². The van der Waals surface area contributed by atoms with E-state index in [2.05, 4.69) is 38.1 Å². The van der Waals surface area contributed by atoms with Gasteiger partial charge >= 0.3 is 0 Å². The van der Waals surface area contributed by atoms with E-state index in [9.17, 15) is 4.79 Å². The van der Waals surface area contributed by atoms with Crippen LogP contribution in [0, 0.1) is 3.57 Å². The monoisotopic (exact) mass is 390 g/mol. The highest BCUT2D eigenvalue weighted by molar-refractivity contribution is 14.1. The maximum atomic E-state index is 12.2. The van der Waals surface area contributed by atoms with E-state index in [1.165, 1.54) is 4.80 Å². The summed E-state index contributed by atoms with van der Waals surface area (Å²) in [7, 11) is 0. The third-order valence-electron chi connectivity index (χ3n) is 2.89. The van der Waals surface area contributed by atoms with Crippen molar-refractivity contribution < 1.29 is 4.79 Å². The molecule has 0 bridgehead atoms. The number of nitrogens with zero attached hydrogens (tertiary/aromatic N) is 3. The van der Waals surface area contributed by atoms with Gasteiger partial charge in [0.1, 0.15) is 0 Å². The summed E-state index contributed by atoms with van der Waals surface area (Å²) in [5.41, 5.74) is 2.23. The summed E-state index contributed by atoms with van der Waals surface area (Å²) in [6.07, 6.45) is 3.24. The lowest BCUT2D eigenvalue weighted by Gasteiger charge is -2.07. The van der Waals surface area contributed by atoms with Crippen LogP contribution in [0.4, 0.5) is 5.69 Å². The number of hydrogen-bond donors (Lipinski definition) is 1. The summed E-state index contributed by atoms with van der Waals surface area (Å²) in [6.45, 7) is 0. The first-order valence-electron chi connectivity index (χ1n) is 6.27. The summed E-state index contributed by atoms with van der Waals surface area (Å²) >= 11 is 2.15. The van der Waals surface area contributed by atoms with Crippen molar-refractivity contribution in [2.24, 2.45) is 0 Å². The van der Waals surface area contributed by atoms with Gasteiger partial charge in [-0.3, -0.25) is 4.79 Å². The fourth-order valence-electron chi connectivity index (χ4n) is 1.87. The molecule has 2 aromatic carbocycles. The van der Waals surface area contributed by atoms with E-state index in [0.29, 0.717) is 5.56 Å². The minimum absolute atomic E-state index is 0.120. The molecule has 0 saturated heterocycles. The van der Waals surface area contributed by atoms with Crippen molar-refractivity contribution in [3.05, 3.63) is 70.1 Å². The zero-order chi connectivity index (χ0) is 14.7. The molecule has 1 heterocycles. The van der Waals surface area contributed by atoms with Gasteiger partial charge in [0.15, 0.2) is 0 Å². The highest BCUT2D eigenvalue weighted by Gasteiger charge is 2.09. The molecule has 0 aliphatic carbocycles. The molecule has 21 heavy (non-hydrogen) atoms. The molecular weight excluding hydrogens is 379 g/mol. The predicted octanol–water partition coefficient (Wildman–Crippen LogP) is 3.12. The molecule has 0 saturated carbocycles. The zero-order valence-corrected chi connectivity index (χ0v) is 13.1. The molecular formula is C15H11IN4O. The molecule has 3 rings (SSSR count). The van der Waals surface area contributed by atoms with E-state index < -0.39 is 0 Å². The van der Waals surface area contributed by atoms with Crippen LogP contribution in [0.5, 0.6) is 0 Å². The van der Waals surface area contributed by atoms with Crippen LogP contribution in [-0.2, 0) is 0 Å². The Bertz CT molecular complexity index is 754. The van der Waals surface area contributed by atoms with Crippen LogP contribution in [0.25, 0.3) is 5.69 Å². The second-order valence-corrected chi connectivity index (χ2v) is 5.46. The third-order valence-corrected chi connectivity index (χ3v) is 3.83. The van der Waals surface area contributed by atoms with Crippen molar-refractivity contribution in [3.63, 3.8) is 0 Å². The van der Waals surface area contributed by atoms with Gasteiger partial charge < -0.3 is 5.32 Å². The van der Waals surface area contributed by atoms with E-state index in [1.54, 1.807) is 18.5 Å². The second-order valence-electron chi connectivity index (χ2n) is 4.30. The molecule has 0 atom stereocenters. The van der Waals surface area contributed by atoms with Crippen LogP contribution >= 0.6 is 22.6 Å². The SMILES string of the molecule is O=C(Nc1ccc(-n2nccn2)cc1)c1ccccc1I. The van der Waals surface area contributed by atoms with Crippen molar-refractivity contribution >= 4 is 34.2 Å². The van der Waals surface area contributed by atoms with Gasteiger partial charge in [0.25, 0.3) is 5.91 Å². The van der Waals surface area contributed by atoms with Crippen molar-refractivity contribution in [2.45, 2.75) is 0 Å². The predicted molar refractivity (Wildman–Crippen MR) is 88.5 cm³/mol. The number of carbonyl (C=O) groups excluding carboxylic acids is 1. The van der Waals surface area contributed by atoms with Crippen LogP contribution in [0.1, 0.15) is 10.4 Å². The van der Waals surface area contributed by atoms with Crippen molar-refractivity contribution in [2.75, 3.05) is 5.32 Å². The Morgan fingerprint density at radius 1 is 1.00 bits per heavy atom. The molecule has 1 aromatic heterocycles. The number of anilines is 1. The van der Waals surface area contributed by atoms with Crippen molar-refractivity contribution in [1.82, 2.24) is 15.0 Å². The smallest absolute Gasteiger partial charge is 0.256 e. The number of hydrogen-bond acceptors (Lipinski definition) is 3. The first kappa shape index (κ1) is 13.7. The Labute approximate surface area is 135 Å². The molecule has 6 heteroatoms. The molecule has 0 spiro atoms. The van der Waals surface area contributed by atoms with Crippen LogP contribution < -0.4 is 5.32 Å². The summed E-state index contributed by atoms with van der Waals surface area (Å²) in [5, 5.41) is 11.0. The number of benzene rings is 2. The van der Waals surface area contributed by atoms with E-state index >= 15 is 0 Å². The lowest BCUT2D eigenvalue weighted by molar-refractivity contribution is 0.102. The number of carbonyl (C=O) groups is 1. The Morgan fingerprint density at radius 2 is 1.67 bits per heavy atom. The summed E-state index contributed by atoms with van der Waals surface area (Å²) in [5.74, 6) is -0.120. The standard InChI is InChI=1S/C15H11IN4O/c16-14-4-2-1-3-13(14)15(21)19-11-5-7-12(8-6-11)20-17-9-10-18-20/h1-10H,(H,19,21). The molecule has 1 amide bonds. The normalized spacial score (nSPS) is 10.3. The number of nitrogens with one attached hydrogen (secondary N) is 1.